The van der Waals surface area contributed by atoms with Crippen molar-refractivity contribution in [2.24, 2.45) is 0 Å². The molecule has 2 heterocycles. The smallest absolute Gasteiger partial charge is 0.264 e. The third-order valence-electron chi connectivity index (χ3n) is 6.36. The molecule has 0 bridgehead atoms. The van der Waals surface area contributed by atoms with Crippen LogP contribution in [-0.2, 0) is 21.7 Å². The van der Waals surface area contributed by atoms with Crippen LogP contribution in [0.2, 0.25) is 0 Å². The number of ether oxygens (including phenoxy) is 2. The van der Waals surface area contributed by atoms with Crippen LogP contribution in [0.1, 0.15) is 34.2 Å². The van der Waals surface area contributed by atoms with Crippen LogP contribution >= 0.6 is 0 Å². The summed E-state index contributed by atoms with van der Waals surface area (Å²) in [5.41, 5.74) is 3.10. The summed E-state index contributed by atoms with van der Waals surface area (Å²) in [6.45, 7) is 4.50. The van der Waals surface area contributed by atoms with E-state index in [9.17, 15) is 14.7 Å². The second kappa shape index (κ2) is 8.47. The third kappa shape index (κ3) is 3.86. The molecule has 3 aromatic carbocycles. The molecule has 1 N–H and O–H groups in total. The Labute approximate surface area is 198 Å². The number of anilines is 1. The summed E-state index contributed by atoms with van der Waals surface area (Å²) < 4.78 is 10.7. The topological polar surface area (TPSA) is 76.1 Å². The van der Waals surface area contributed by atoms with Crippen molar-refractivity contribution in [3.8, 4) is 11.5 Å². The van der Waals surface area contributed by atoms with E-state index >= 15 is 0 Å². The molecule has 1 amide bonds. The minimum absolute atomic E-state index is 0.175. The molecule has 0 unspecified atom stereocenters. The molecule has 0 saturated heterocycles. The van der Waals surface area contributed by atoms with Crippen molar-refractivity contribution in [1.82, 2.24) is 0 Å². The highest BCUT2D eigenvalue weighted by Gasteiger charge is 2.50. The summed E-state index contributed by atoms with van der Waals surface area (Å²) in [5, 5.41) is 11.5. The van der Waals surface area contributed by atoms with E-state index < -0.39 is 11.5 Å². The van der Waals surface area contributed by atoms with Crippen LogP contribution in [0.15, 0.2) is 66.7 Å². The number of rotatable bonds is 6. The van der Waals surface area contributed by atoms with E-state index in [-0.39, 0.29) is 19.0 Å². The summed E-state index contributed by atoms with van der Waals surface area (Å²) in [6, 6.07) is 18.6. The van der Waals surface area contributed by atoms with E-state index in [0.29, 0.717) is 29.3 Å². The van der Waals surface area contributed by atoms with Crippen molar-refractivity contribution >= 4 is 23.5 Å². The van der Waals surface area contributed by atoms with Gasteiger partial charge in [0, 0.05) is 5.56 Å². The molecule has 0 aliphatic carbocycles. The lowest BCUT2D eigenvalue weighted by molar-refractivity contribution is -0.140. The summed E-state index contributed by atoms with van der Waals surface area (Å²) in [7, 11) is 0. The van der Waals surface area contributed by atoms with Gasteiger partial charge in [-0.15, -0.1) is 0 Å². The molecule has 0 spiro atoms. The number of carbonyl (C=O) groups excluding carboxylic acids is 2. The number of hydrogen-bond acceptors (Lipinski definition) is 5. The first-order valence-electron chi connectivity index (χ1n) is 11.2. The van der Waals surface area contributed by atoms with Gasteiger partial charge in [-0.3, -0.25) is 9.59 Å². The predicted molar refractivity (Wildman–Crippen MR) is 129 cm³/mol. The van der Waals surface area contributed by atoms with Gasteiger partial charge in [-0.25, -0.2) is 0 Å². The van der Waals surface area contributed by atoms with Crippen LogP contribution in [0, 0.1) is 13.8 Å². The Morgan fingerprint density at radius 2 is 1.85 bits per heavy atom. The number of carbonyl (C=O) groups is 2. The van der Waals surface area contributed by atoms with Gasteiger partial charge in [0.1, 0.15) is 0 Å². The van der Waals surface area contributed by atoms with Gasteiger partial charge < -0.3 is 19.5 Å². The van der Waals surface area contributed by atoms with Crippen LogP contribution in [0.25, 0.3) is 6.08 Å². The fraction of sp³-hybridized carbons (Fsp3) is 0.214. The number of nitrogens with zero attached hydrogens (tertiary/aromatic N) is 1. The normalized spacial score (nSPS) is 18.6. The van der Waals surface area contributed by atoms with Crippen molar-refractivity contribution in [3.05, 3.63) is 94.6 Å². The molecule has 0 fully saturated rings. The second-order valence-electron chi connectivity index (χ2n) is 8.79. The monoisotopic (exact) mass is 455 g/mol. The number of amides is 1. The molecular weight excluding hydrogens is 430 g/mol. The van der Waals surface area contributed by atoms with Gasteiger partial charge in [0.05, 0.1) is 18.7 Å². The number of fused-ring (bicyclic) bond motifs is 2. The second-order valence-corrected chi connectivity index (χ2v) is 8.79. The zero-order chi connectivity index (χ0) is 23.9. The van der Waals surface area contributed by atoms with Crippen LogP contribution in [0.4, 0.5) is 5.69 Å². The third-order valence-corrected chi connectivity index (χ3v) is 6.36. The predicted octanol–water partition coefficient (Wildman–Crippen LogP) is 4.44. The maximum atomic E-state index is 13.5. The lowest BCUT2D eigenvalue weighted by atomic mass is 9.89. The van der Waals surface area contributed by atoms with Crippen LogP contribution < -0.4 is 14.4 Å². The van der Waals surface area contributed by atoms with Gasteiger partial charge in [-0.2, -0.15) is 0 Å². The first-order valence-corrected chi connectivity index (χ1v) is 11.2. The van der Waals surface area contributed by atoms with Gasteiger partial charge in [0.25, 0.3) is 5.91 Å². The highest BCUT2D eigenvalue weighted by molar-refractivity contribution is 6.10. The zero-order valence-corrected chi connectivity index (χ0v) is 19.1. The van der Waals surface area contributed by atoms with E-state index in [1.165, 1.54) is 6.08 Å². The van der Waals surface area contributed by atoms with Crippen molar-refractivity contribution in [2.45, 2.75) is 32.4 Å². The summed E-state index contributed by atoms with van der Waals surface area (Å²) in [5.74, 6) is 0.446. The van der Waals surface area contributed by atoms with E-state index in [2.05, 4.69) is 0 Å². The molecule has 0 saturated carbocycles. The largest absolute Gasteiger partial charge is 0.454 e. The quantitative estimate of drug-likeness (QED) is 0.556. The van der Waals surface area contributed by atoms with E-state index in [4.69, 9.17) is 9.47 Å². The van der Waals surface area contributed by atoms with E-state index in [1.807, 2.05) is 50.2 Å². The average Bonchev–Trinajstić information content (AvgIpc) is 3.37. The standard InChI is InChI=1S/C28H25NO5/c1-18-7-8-19(2)21(13-18)16-29-24-6-4-3-5-23(24)28(32,27(29)31)15-22(30)11-9-20-10-12-25-26(14-20)34-17-33-25/h3-14,32H,15-17H2,1-2H3/b11-9-/t28-/m0/s1. The molecule has 3 aromatic rings. The number of hydrogen-bond donors (Lipinski definition) is 1. The highest BCUT2D eigenvalue weighted by Crippen LogP contribution is 2.43. The van der Waals surface area contributed by atoms with Crippen LogP contribution in [-0.4, -0.2) is 23.6 Å². The lowest BCUT2D eigenvalue weighted by Gasteiger charge is -2.23. The van der Waals surface area contributed by atoms with Gasteiger partial charge >= 0.3 is 0 Å². The molecule has 2 aliphatic rings. The minimum atomic E-state index is -1.91. The maximum absolute atomic E-state index is 13.5. The Morgan fingerprint density at radius 3 is 2.71 bits per heavy atom. The van der Waals surface area contributed by atoms with Gasteiger partial charge in [-0.1, -0.05) is 54.1 Å². The van der Waals surface area contributed by atoms with E-state index in [1.54, 1.807) is 35.2 Å². The number of para-hydroxylation sites is 1. The summed E-state index contributed by atoms with van der Waals surface area (Å²) >= 11 is 0. The molecule has 34 heavy (non-hydrogen) atoms. The van der Waals surface area contributed by atoms with Gasteiger partial charge in [0.15, 0.2) is 22.9 Å². The molecule has 6 nitrogen and oxygen atoms in total. The Hall–Kier alpha value is -3.90. The van der Waals surface area contributed by atoms with Crippen LogP contribution in [0.3, 0.4) is 0 Å². The first-order chi connectivity index (χ1) is 16.3. The maximum Gasteiger partial charge on any atom is 0.264 e. The fourth-order valence-corrected chi connectivity index (χ4v) is 4.49. The Kier molecular flexibility index (Phi) is 5.46. The molecule has 1 atom stereocenters. The molecule has 0 aromatic heterocycles. The van der Waals surface area contributed by atoms with Gasteiger partial charge in [0.2, 0.25) is 6.79 Å². The van der Waals surface area contributed by atoms with Crippen molar-refractivity contribution in [3.63, 3.8) is 0 Å². The van der Waals surface area contributed by atoms with Crippen molar-refractivity contribution < 1.29 is 24.2 Å². The van der Waals surface area contributed by atoms with Gasteiger partial charge in [-0.05, 0) is 54.8 Å². The molecular formula is C28H25NO5. The van der Waals surface area contributed by atoms with Crippen molar-refractivity contribution in [1.29, 1.82) is 0 Å². The highest BCUT2D eigenvalue weighted by atomic mass is 16.7. The van der Waals surface area contributed by atoms with Crippen molar-refractivity contribution in [2.75, 3.05) is 11.7 Å². The SMILES string of the molecule is Cc1ccc(C)c(CN2C(=O)[C@](O)(CC(=O)/C=C\c3ccc4c(c3)OCO4)c3ccccc32)c1. The average molecular weight is 456 g/mol. The van der Waals surface area contributed by atoms with E-state index in [0.717, 1.165) is 22.3 Å². The molecule has 6 heteroatoms. The number of aryl methyl sites for hydroxylation is 2. The van der Waals surface area contributed by atoms with Crippen LogP contribution in [0.5, 0.6) is 11.5 Å². The number of allylic oxidation sites excluding steroid dienone is 1. The summed E-state index contributed by atoms with van der Waals surface area (Å²) in [4.78, 5) is 27.9. The number of ketones is 1. The Balaban J connectivity index is 1.39. The zero-order valence-electron chi connectivity index (χ0n) is 19.1. The number of benzene rings is 3. The first kappa shape index (κ1) is 21.9. The molecule has 5 rings (SSSR count). The fourth-order valence-electron chi connectivity index (χ4n) is 4.49. The molecule has 172 valence electrons. The molecule has 0 radical (unpaired) electrons. The molecule has 2 aliphatic heterocycles. The summed E-state index contributed by atoms with van der Waals surface area (Å²) in [6.07, 6.45) is 2.69. The Morgan fingerprint density at radius 1 is 1.06 bits per heavy atom. The number of aliphatic hydroxyl groups is 1. The lowest BCUT2D eigenvalue weighted by Crippen LogP contribution is -2.41. The minimum Gasteiger partial charge on any atom is -0.454 e. The Bertz CT molecular complexity index is 1330.